The first-order valence-electron chi connectivity index (χ1n) is 2.77. The summed E-state index contributed by atoms with van der Waals surface area (Å²) in [5.74, 6) is -1.22. The molecule has 4 heteroatoms. The number of aliphatic carboxylic acids is 1. The first-order valence-corrected chi connectivity index (χ1v) is 2.77. The van der Waals surface area contributed by atoms with Gasteiger partial charge < -0.3 is 14.9 Å². The van der Waals surface area contributed by atoms with Gasteiger partial charge in [-0.25, -0.2) is 4.79 Å². The molecule has 0 saturated heterocycles. The molecule has 0 fully saturated rings. The molecule has 0 aromatic heterocycles. The Hall–Kier alpha value is -1.03. The van der Waals surface area contributed by atoms with E-state index in [0.29, 0.717) is 0 Å². The topological polar surface area (TPSA) is 66.8 Å². The molecule has 2 N–H and O–H groups in total. The maximum absolute atomic E-state index is 9.97. The number of ether oxygens (including phenoxy) is 1. The van der Waals surface area contributed by atoms with Crippen molar-refractivity contribution in [3.8, 4) is 0 Å². The van der Waals surface area contributed by atoms with Crippen LogP contribution < -0.4 is 0 Å². The smallest absolute Gasteiger partial charge is 0.332 e. The highest BCUT2D eigenvalue weighted by molar-refractivity contribution is 5.72. The van der Waals surface area contributed by atoms with Crippen molar-refractivity contribution in [3.05, 3.63) is 12.3 Å². The molecule has 0 spiro atoms. The summed E-state index contributed by atoms with van der Waals surface area (Å²) in [4.78, 5) is 9.97. The maximum atomic E-state index is 9.97. The second-order valence-corrected chi connectivity index (χ2v) is 1.70. The number of carboxylic acids is 1. The molecule has 0 radical (unpaired) electrons. The zero-order valence-electron chi connectivity index (χ0n) is 5.65. The average molecular weight is 146 g/mol. The van der Waals surface area contributed by atoms with Crippen molar-refractivity contribution < 1.29 is 19.7 Å². The van der Waals surface area contributed by atoms with Crippen LogP contribution in [0.2, 0.25) is 0 Å². The highest BCUT2D eigenvalue weighted by Gasteiger charge is 2.09. The van der Waals surface area contributed by atoms with Crippen LogP contribution in [0.5, 0.6) is 0 Å². The van der Waals surface area contributed by atoms with E-state index in [9.17, 15) is 4.79 Å². The van der Waals surface area contributed by atoms with Gasteiger partial charge in [-0.05, 0) is 6.08 Å². The molecule has 0 bridgehead atoms. The average Bonchev–Trinajstić information content (AvgIpc) is 1.88. The zero-order valence-corrected chi connectivity index (χ0v) is 5.65. The molecule has 0 aliphatic carbocycles. The summed E-state index contributed by atoms with van der Waals surface area (Å²) < 4.78 is 4.49. The summed E-state index contributed by atoms with van der Waals surface area (Å²) in [6.07, 6.45) is 1.51. The minimum atomic E-state index is -1.33. The van der Waals surface area contributed by atoms with Crippen LogP contribution in [0.3, 0.4) is 0 Å². The van der Waals surface area contributed by atoms with E-state index in [0.717, 1.165) is 0 Å². The number of aliphatic hydroxyl groups is 1. The van der Waals surface area contributed by atoms with Crippen molar-refractivity contribution in [2.45, 2.75) is 12.5 Å². The molecule has 4 nitrogen and oxygen atoms in total. The molecular weight excluding hydrogens is 136 g/mol. The molecule has 10 heavy (non-hydrogen) atoms. The van der Waals surface area contributed by atoms with Crippen LogP contribution in [0.25, 0.3) is 0 Å². The molecule has 1 unspecified atom stereocenters. The van der Waals surface area contributed by atoms with Gasteiger partial charge in [0.2, 0.25) is 0 Å². The second-order valence-electron chi connectivity index (χ2n) is 1.70. The minimum Gasteiger partial charge on any atom is -0.505 e. The molecule has 0 aliphatic rings. The van der Waals surface area contributed by atoms with Crippen molar-refractivity contribution in [3.63, 3.8) is 0 Å². The van der Waals surface area contributed by atoms with Crippen molar-refractivity contribution in [2.75, 3.05) is 7.11 Å². The Balaban J connectivity index is 3.48. The number of methoxy groups -OCH3 is 1. The van der Waals surface area contributed by atoms with Crippen LogP contribution in [0.1, 0.15) is 6.42 Å². The Morgan fingerprint density at radius 1 is 1.80 bits per heavy atom. The lowest BCUT2D eigenvalue weighted by Crippen LogP contribution is -2.17. The lowest BCUT2D eigenvalue weighted by atomic mass is 10.2. The molecule has 0 aliphatic heterocycles. The molecule has 0 aromatic carbocycles. The van der Waals surface area contributed by atoms with Crippen molar-refractivity contribution in [2.24, 2.45) is 0 Å². The Morgan fingerprint density at radius 3 is 2.80 bits per heavy atom. The monoisotopic (exact) mass is 146 g/mol. The van der Waals surface area contributed by atoms with E-state index in [1.165, 1.54) is 19.4 Å². The quantitative estimate of drug-likeness (QED) is 0.547. The first kappa shape index (κ1) is 8.97. The minimum absolute atomic E-state index is 0.0726. The third kappa shape index (κ3) is 3.91. The number of carboxylic acid groups (broad SMARTS) is 1. The largest absolute Gasteiger partial charge is 0.505 e. The van der Waals surface area contributed by atoms with Gasteiger partial charge in [0.15, 0.2) is 6.10 Å². The molecule has 0 saturated carbocycles. The molecule has 1 atom stereocenters. The van der Waals surface area contributed by atoms with Gasteiger partial charge in [0.1, 0.15) is 0 Å². The van der Waals surface area contributed by atoms with Crippen LogP contribution in [-0.2, 0) is 9.53 Å². The molecule has 0 aromatic rings. The van der Waals surface area contributed by atoms with Crippen LogP contribution in [-0.4, -0.2) is 29.4 Å². The van der Waals surface area contributed by atoms with E-state index in [4.69, 9.17) is 10.2 Å². The highest BCUT2D eigenvalue weighted by Crippen LogP contribution is 1.92. The van der Waals surface area contributed by atoms with E-state index in [-0.39, 0.29) is 6.42 Å². The van der Waals surface area contributed by atoms with Crippen LogP contribution >= 0.6 is 0 Å². The van der Waals surface area contributed by atoms with Gasteiger partial charge >= 0.3 is 5.97 Å². The first-order chi connectivity index (χ1) is 4.68. The SMILES string of the molecule is COC=CCC(O)C(=O)O. The number of carbonyl (C=O) groups is 1. The van der Waals surface area contributed by atoms with Gasteiger partial charge in [-0.2, -0.15) is 0 Å². The van der Waals surface area contributed by atoms with Gasteiger partial charge in [0.05, 0.1) is 13.4 Å². The molecule has 0 rings (SSSR count). The fourth-order valence-electron chi connectivity index (χ4n) is 0.381. The van der Waals surface area contributed by atoms with Gasteiger partial charge in [-0.15, -0.1) is 0 Å². The van der Waals surface area contributed by atoms with Crippen LogP contribution in [0.4, 0.5) is 0 Å². The van der Waals surface area contributed by atoms with Gasteiger partial charge in [-0.1, -0.05) is 0 Å². The van der Waals surface area contributed by atoms with Gasteiger partial charge in [0.25, 0.3) is 0 Å². The fourth-order valence-corrected chi connectivity index (χ4v) is 0.381. The predicted molar refractivity (Wildman–Crippen MR) is 34.4 cm³/mol. The van der Waals surface area contributed by atoms with Gasteiger partial charge in [-0.3, -0.25) is 0 Å². The van der Waals surface area contributed by atoms with E-state index < -0.39 is 12.1 Å². The van der Waals surface area contributed by atoms with E-state index >= 15 is 0 Å². The zero-order chi connectivity index (χ0) is 7.98. The predicted octanol–water partition coefficient (Wildman–Crippen LogP) is -0.0179. The Labute approximate surface area is 58.7 Å². The molecule has 0 amide bonds. The summed E-state index contributed by atoms with van der Waals surface area (Å²) in [6.45, 7) is 0. The second kappa shape index (κ2) is 4.81. The Bertz CT molecular complexity index is 130. The summed E-state index contributed by atoms with van der Waals surface area (Å²) in [5, 5.41) is 16.8. The molecular formula is C6H10O4. The van der Waals surface area contributed by atoms with Gasteiger partial charge in [0, 0.05) is 6.42 Å². The lowest BCUT2D eigenvalue weighted by molar-refractivity contribution is -0.146. The Morgan fingerprint density at radius 2 is 2.40 bits per heavy atom. The van der Waals surface area contributed by atoms with E-state index in [1.807, 2.05) is 0 Å². The molecule has 58 valence electrons. The van der Waals surface area contributed by atoms with E-state index in [1.54, 1.807) is 0 Å². The van der Waals surface area contributed by atoms with Crippen LogP contribution in [0.15, 0.2) is 12.3 Å². The third-order valence-electron chi connectivity index (χ3n) is 0.877. The number of hydrogen-bond acceptors (Lipinski definition) is 3. The number of hydrogen-bond donors (Lipinski definition) is 2. The third-order valence-corrected chi connectivity index (χ3v) is 0.877. The summed E-state index contributed by atoms with van der Waals surface area (Å²) >= 11 is 0. The fraction of sp³-hybridized carbons (Fsp3) is 0.500. The standard InChI is InChI=1S/C6H10O4/c1-10-4-2-3-5(7)6(8)9/h2,4-5,7H,3H2,1H3,(H,8,9). The van der Waals surface area contributed by atoms with Crippen molar-refractivity contribution in [1.82, 2.24) is 0 Å². The highest BCUT2D eigenvalue weighted by atomic mass is 16.5. The normalized spacial score (nSPS) is 13.4. The summed E-state index contributed by atoms with van der Waals surface area (Å²) in [5.41, 5.74) is 0. The maximum Gasteiger partial charge on any atom is 0.332 e. The van der Waals surface area contributed by atoms with E-state index in [2.05, 4.69) is 4.74 Å². The number of aliphatic hydroxyl groups excluding tert-OH is 1. The van der Waals surface area contributed by atoms with Crippen molar-refractivity contribution in [1.29, 1.82) is 0 Å². The Kier molecular flexibility index (Phi) is 4.32. The van der Waals surface area contributed by atoms with Crippen LogP contribution in [0, 0.1) is 0 Å². The summed E-state index contributed by atoms with van der Waals surface area (Å²) in [6, 6.07) is 0. The summed E-state index contributed by atoms with van der Waals surface area (Å²) in [7, 11) is 1.45. The number of rotatable bonds is 4. The molecule has 0 heterocycles. The van der Waals surface area contributed by atoms with Crippen molar-refractivity contribution >= 4 is 5.97 Å². The lowest BCUT2D eigenvalue weighted by Gasteiger charge is -1.98.